The molecule has 1 aromatic carbocycles. The van der Waals surface area contributed by atoms with E-state index in [9.17, 15) is 22.0 Å². The highest BCUT2D eigenvalue weighted by Gasteiger charge is 2.24. The third-order valence-corrected chi connectivity index (χ3v) is 4.49. The van der Waals surface area contributed by atoms with Crippen LogP contribution in [-0.2, 0) is 10.0 Å². The molecule has 0 saturated heterocycles. The summed E-state index contributed by atoms with van der Waals surface area (Å²) >= 11 is 0. The maximum atomic E-state index is 14.0. The number of nitrogens with two attached hydrogens (primary N) is 1. The van der Waals surface area contributed by atoms with Crippen LogP contribution in [0.4, 0.5) is 8.78 Å². The first kappa shape index (κ1) is 15.8. The summed E-state index contributed by atoms with van der Waals surface area (Å²) in [7, 11) is -4.44. The van der Waals surface area contributed by atoms with E-state index in [0.29, 0.717) is 24.6 Å². The molecule has 5 nitrogen and oxygen atoms in total. The van der Waals surface area contributed by atoms with Crippen molar-refractivity contribution in [1.82, 2.24) is 5.32 Å². The first-order valence-electron chi connectivity index (χ1n) is 6.59. The van der Waals surface area contributed by atoms with E-state index in [1.54, 1.807) is 0 Å². The lowest BCUT2D eigenvalue weighted by atomic mass is 10.1. The molecule has 116 valence electrons. The molecule has 1 amide bonds. The maximum absolute atomic E-state index is 14.0. The summed E-state index contributed by atoms with van der Waals surface area (Å²) in [6, 6.07) is 1.12. The molecule has 1 aliphatic rings. The Bertz CT molecular complexity index is 656. The first-order valence-corrected chi connectivity index (χ1v) is 8.13. The molecular formula is C13H16F2N2O3S. The third-order valence-electron chi connectivity index (χ3n) is 3.58. The average molecular weight is 318 g/mol. The molecule has 2 rings (SSSR count). The lowest BCUT2D eigenvalue weighted by molar-refractivity contribution is 0.0942. The van der Waals surface area contributed by atoms with Crippen molar-refractivity contribution in [1.29, 1.82) is 0 Å². The lowest BCUT2D eigenvalue weighted by Gasteiger charge is -2.12. The second-order valence-corrected chi connectivity index (χ2v) is 6.70. The fraction of sp³-hybridized carbons (Fsp3) is 0.462. The Morgan fingerprint density at radius 1 is 1.29 bits per heavy atom. The molecule has 0 radical (unpaired) electrons. The molecule has 1 fully saturated rings. The third kappa shape index (κ3) is 3.76. The fourth-order valence-corrected chi connectivity index (χ4v) is 3.12. The number of sulfonamides is 1. The summed E-state index contributed by atoms with van der Waals surface area (Å²) in [5, 5.41) is 7.31. The molecule has 0 unspecified atom stereocenters. The normalized spacial score (nSPS) is 16.1. The number of benzene rings is 1. The largest absolute Gasteiger partial charge is 0.352 e. The molecule has 3 N–H and O–H groups in total. The molecular weight excluding hydrogens is 302 g/mol. The second kappa shape index (κ2) is 6.07. The zero-order valence-corrected chi connectivity index (χ0v) is 12.1. The Balaban J connectivity index is 2.22. The number of hydrogen-bond acceptors (Lipinski definition) is 3. The van der Waals surface area contributed by atoms with E-state index in [2.05, 4.69) is 5.32 Å². The van der Waals surface area contributed by atoms with Gasteiger partial charge in [0.1, 0.15) is 10.7 Å². The number of hydrogen-bond donors (Lipinski definition) is 2. The summed E-state index contributed by atoms with van der Waals surface area (Å²) in [4.78, 5) is 10.9. The number of primary sulfonamides is 1. The quantitative estimate of drug-likeness (QED) is 0.882. The van der Waals surface area contributed by atoms with Gasteiger partial charge in [-0.1, -0.05) is 12.8 Å². The van der Waals surface area contributed by atoms with Gasteiger partial charge >= 0.3 is 0 Å². The van der Waals surface area contributed by atoms with E-state index in [1.165, 1.54) is 0 Å². The highest BCUT2D eigenvalue weighted by molar-refractivity contribution is 7.89. The minimum absolute atomic E-state index is 0.322. The number of nitrogens with one attached hydrogen (secondary N) is 1. The van der Waals surface area contributed by atoms with Crippen molar-refractivity contribution in [2.45, 2.75) is 30.6 Å². The number of carbonyl (C=O) groups is 1. The molecule has 1 aliphatic carbocycles. The Morgan fingerprint density at radius 3 is 2.48 bits per heavy atom. The van der Waals surface area contributed by atoms with Gasteiger partial charge in [0.05, 0.1) is 5.56 Å². The minimum atomic E-state index is -4.44. The Morgan fingerprint density at radius 2 is 1.90 bits per heavy atom. The van der Waals surface area contributed by atoms with Gasteiger partial charge in [-0.3, -0.25) is 4.79 Å². The van der Waals surface area contributed by atoms with Gasteiger partial charge in [0.15, 0.2) is 5.82 Å². The maximum Gasteiger partial charge on any atom is 0.254 e. The van der Waals surface area contributed by atoms with Crippen LogP contribution in [0.1, 0.15) is 36.0 Å². The Labute approximate surface area is 121 Å². The van der Waals surface area contributed by atoms with Crippen LogP contribution < -0.4 is 10.5 Å². The molecule has 1 saturated carbocycles. The van der Waals surface area contributed by atoms with Crippen LogP contribution in [0, 0.1) is 17.6 Å². The molecule has 0 spiro atoms. The molecule has 0 aromatic heterocycles. The fourth-order valence-electron chi connectivity index (χ4n) is 2.48. The predicted molar refractivity (Wildman–Crippen MR) is 72.0 cm³/mol. The monoisotopic (exact) mass is 318 g/mol. The van der Waals surface area contributed by atoms with Crippen LogP contribution >= 0.6 is 0 Å². The molecule has 21 heavy (non-hydrogen) atoms. The number of halogens is 2. The molecule has 0 heterocycles. The van der Waals surface area contributed by atoms with Crippen molar-refractivity contribution >= 4 is 15.9 Å². The van der Waals surface area contributed by atoms with Gasteiger partial charge in [0, 0.05) is 6.54 Å². The Hall–Kier alpha value is -1.54. The van der Waals surface area contributed by atoms with Gasteiger partial charge in [-0.15, -0.1) is 0 Å². The van der Waals surface area contributed by atoms with Gasteiger partial charge < -0.3 is 5.32 Å². The van der Waals surface area contributed by atoms with Crippen molar-refractivity contribution in [2.75, 3.05) is 6.54 Å². The zero-order chi connectivity index (χ0) is 15.6. The van der Waals surface area contributed by atoms with E-state index in [-0.39, 0.29) is 0 Å². The standard InChI is InChI=1S/C13H16F2N2O3S/c14-9-5-10(12(15)11(6-9)21(16,19)20)13(18)17-7-8-3-1-2-4-8/h5-6,8H,1-4,7H2,(H,17,18)(H2,16,19,20). The van der Waals surface area contributed by atoms with Crippen LogP contribution in [-0.4, -0.2) is 20.9 Å². The summed E-state index contributed by atoms with van der Waals surface area (Å²) in [6.07, 6.45) is 4.14. The predicted octanol–water partition coefficient (Wildman–Crippen LogP) is 1.53. The summed E-state index contributed by atoms with van der Waals surface area (Å²) < 4.78 is 49.8. The molecule has 1 aromatic rings. The second-order valence-electron chi connectivity index (χ2n) is 5.17. The van der Waals surface area contributed by atoms with E-state index in [0.717, 1.165) is 25.7 Å². The van der Waals surface area contributed by atoms with Gasteiger partial charge in [0.2, 0.25) is 10.0 Å². The summed E-state index contributed by atoms with van der Waals surface area (Å²) in [6.45, 7) is 0.361. The molecule has 8 heteroatoms. The van der Waals surface area contributed by atoms with E-state index >= 15 is 0 Å². The van der Waals surface area contributed by atoms with Crippen molar-refractivity contribution in [3.05, 3.63) is 29.3 Å². The van der Waals surface area contributed by atoms with Crippen molar-refractivity contribution < 1.29 is 22.0 Å². The van der Waals surface area contributed by atoms with Crippen LogP contribution in [0.15, 0.2) is 17.0 Å². The Kier molecular flexibility index (Phi) is 4.58. The van der Waals surface area contributed by atoms with Crippen molar-refractivity contribution in [3.8, 4) is 0 Å². The lowest BCUT2D eigenvalue weighted by Crippen LogP contribution is -2.30. The molecule has 0 aliphatic heterocycles. The van der Waals surface area contributed by atoms with Crippen LogP contribution in [0.5, 0.6) is 0 Å². The average Bonchev–Trinajstić information content (AvgIpc) is 2.90. The van der Waals surface area contributed by atoms with E-state index < -0.39 is 38.0 Å². The van der Waals surface area contributed by atoms with Gasteiger partial charge in [-0.25, -0.2) is 22.3 Å². The number of carbonyl (C=O) groups excluding carboxylic acids is 1. The van der Waals surface area contributed by atoms with Crippen LogP contribution in [0.25, 0.3) is 0 Å². The highest BCUT2D eigenvalue weighted by atomic mass is 32.2. The number of rotatable bonds is 4. The molecule has 0 bridgehead atoms. The van der Waals surface area contributed by atoms with E-state index in [1.807, 2.05) is 0 Å². The van der Waals surface area contributed by atoms with E-state index in [4.69, 9.17) is 5.14 Å². The number of amides is 1. The first-order chi connectivity index (χ1) is 9.79. The highest BCUT2D eigenvalue weighted by Crippen LogP contribution is 2.24. The van der Waals surface area contributed by atoms with Gasteiger partial charge in [-0.2, -0.15) is 0 Å². The minimum Gasteiger partial charge on any atom is -0.352 e. The summed E-state index contributed by atoms with van der Waals surface area (Å²) in [5.41, 5.74) is -0.656. The zero-order valence-electron chi connectivity index (χ0n) is 11.2. The smallest absolute Gasteiger partial charge is 0.254 e. The SMILES string of the molecule is NS(=O)(=O)c1cc(F)cc(C(=O)NCC2CCCC2)c1F. The molecule has 0 atom stereocenters. The summed E-state index contributed by atoms with van der Waals surface area (Å²) in [5.74, 6) is -2.89. The van der Waals surface area contributed by atoms with Crippen molar-refractivity contribution in [3.63, 3.8) is 0 Å². The van der Waals surface area contributed by atoms with Gasteiger partial charge in [-0.05, 0) is 30.9 Å². The topological polar surface area (TPSA) is 89.3 Å². The van der Waals surface area contributed by atoms with Crippen LogP contribution in [0.3, 0.4) is 0 Å². The van der Waals surface area contributed by atoms with Gasteiger partial charge in [0.25, 0.3) is 5.91 Å². The van der Waals surface area contributed by atoms with Crippen LogP contribution in [0.2, 0.25) is 0 Å². The van der Waals surface area contributed by atoms with Crippen molar-refractivity contribution in [2.24, 2.45) is 11.1 Å².